The fourth-order valence-corrected chi connectivity index (χ4v) is 7.20. The topological polar surface area (TPSA) is 78.9 Å². The molecule has 0 aromatic heterocycles. The minimum atomic E-state index is -0.830. The van der Waals surface area contributed by atoms with Crippen LogP contribution >= 0.6 is 0 Å². The molecule has 0 radical (unpaired) electrons. The van der Waals surface area contributed by atoms with Crippen LogP contribution in [0, 0.1) is 0 Å². The molecule has 0 N–H and O–H groups in total. The van der Waals surface area contributed by atoms with Gasteiger partial charge in [-0.05, 0) is 128 Å². The molecule has 0 aliphatic rings. The third-order valence-corrected chi connectivity index (χ3v) is 11.4. The largest absolute Gasteiger partial charge is 0.462 e. The van der Waals surface area contributed by atoms with Gasteiger partial charge in [0.05, 0.1) is 0 Å². The van der Waals surface area contributed by atoms with Crippen molar-refractivity contribution in [3.05, 3.63) is 134 Å². The van der Waals surface area contributed by atoms with Crippen LogP contribution < -0.4 is 0 Å². The van der Waals surface area contributed by atoms with Crippen molar-refractivity contribution in [3.8, 4) is 0 Å². The second-order valence-electron chi connectivity index (χ2n) is 18.1. The van der Waals surface area contributed by atoms with Crippen molar-refractivity contribution >= 4 is 17.9 Å². The number of allylic oxidation sites excluding steroid dienone is 22. The standard InChI is InChI=1S/C64H102O6/c1-4-7-10-13-16-19-22-25-28-31-32-34-36-39-42-45-48-51-54-57-63(66)69-60-61(59-68-62(65)56-53-50-47-44-41-38-35-30-27-24-21-18-15-12-9-6-3)70-64(67)58-55-52-49-46-43-40-37-33-29-26-23-20-17-14-11-8-5-2/h7-8,10-11,16-17,19-20,25-26,28-30,32,34-35,37,39-40,42,46,49,61H,4-6,9,12-15,18,21-24,27,31,33,36,38,41,43-45,47-48,50-60H2,1-3H3/b10-7-,11-8-,19-16-,20-17-,28-25-,29-26-,34-32-,35-30-,40-37-,42-39-,49-46-. The summed E-state index contributed by atoms with van der Waals surface area (Å²) in [6, 6.07) is 0. The highest BCUT2D eigenvalue weighted by Crippen LogP contribution is 2.13. The van der Waals surface area contributed by atoms with E-state index in [4.69, 9.17) is 14.2 Å². The van der Waals surface area contributed by atoms with Crippen LogP contribution in [0.25, 0.3) is 0 Å². The minimum absolute atomic E-state index is 0.120. The summed E-state index contributed by atoms with van der Waals surface area (Å²) < 4.78 is 16.8. The molecule has 0 aromatic carbocycles. The predicted molar refractivity (Wildman–Crippen MR) is 302 cm³/mol. The monoisotopic (exact) mass is 967 g/mol. The van der Waals surface area contributed by atoms with Gasteiger partial charge in [-0.25, -0.2) is 0 Å². The summed E-state index contributed by atoms with van der Waals surface area (Å²) in [5, 5.41) is 0. The van der Waals surface area contributed by atoms with Gasteiger partial charge >= 0.3 is 17.9 Å². The number of unbranched alkanes of at least 4 members (excludes halogenated alkanes) is 16. The molecule has 0 saturated heterocycles. The molecule has 1 unspecified atom stereocenters. The molecule has 70 heavy (non-hydrogen) atoms. The molecule has 0 bridgehead atoms. The highest BCUT2D eigenvalue weighted by Gasteiger charge is 2.19. The number of hydrogen-bond donors (Lipinski definition) is 0. The number of esters is 3. The van der Waals surface area contributed by atoms with Gasteiger partial charge in [0.15, 0.2) is 6.10 Å². The Balaban J connectivity index is 4.57. The lowest BCUT2D eigenvalue weighted by atomic mass is 10.1. The fraction of sp³-hybridized carbons (Fsp3) is 0.609. The van der Waals surface area contributed by atoms with Crippen LogP contribution in [-0.2, 0) is 28.6 Å². The second kappa shape index (κ2) is 57.1. The molecule has 0 aliphatic heterocycles. The molecule has 0 heterocycles. The maximum atomic E-state index is 12.8. The van der Waals surface area contributed by atoms with E-state index < -0.39 is 6.10 Å². The van der Waals surface area contributed by atoms with E-state index in [9.17, 15) is 14.4 Å². The summed E-state index contributed by atoms with van der Waals surface area (Å²) in [6.07, 6.45) is 80.1. The van der Waals surface area contributed by atoms with Crippen molar-refractivity contribution in [1.29, 1.82) is 0 Å². The molecule has 0 spiro atoms. The Hall–Kier alpha value is -4.45. The summed E-state index contributed by atoms with van der Waals surface area (Å²) >= 11 is 0. The Morgan fingerprint density at radius 1 is 0.300 bits per heavy atom. The van der Waals surface area contributed by atoms with Crippen molar-refractivity contribution in [2.24, 2.45) is 0 Å². The van der Waals surface area contributed by atoms with Crippen LogP contribution in [0.3, 0.4) is 0 Å². The fourth-order valence-electron chi connectivity index (χ4n) is 7.20. The van der Waals surface area contributed by atoms with Gasteiger partial charge in [-0.2, -0.15) is 0 Å². The van der Waals surface area contributed by atoms with Gasteiger partial charge in [0.1, 0.15) is 13.2 Å². The third kappa shape index (κ3) is 54.5. The SMILES string of the molecule is CC/C=C\C/C=C\C/C=C\C/C=C\C/C=C\CCCCCC(=O)OCC(COC(=O)CCCCCCC/C=C\CCCCCCCCC)OC(=O)CCC/C=C\C/C=C\C/C=C\C/C=C\C/C=C\CC. The summed E-state index contributed by atoms with van der Waals surface area (Å²) in [5.74, 6) is -1.02. The summed E-state index contributed by atoms with van der Waals surface area (Å²) in [4.78, 5) is 38.1. The average molecular weight is 968 g/mol. The molecule has 0 amide bonds. The van der Waals surface area contributed by atoms with E-state index in [0.717, 1.165) is 128 Å². The van der Waals surface area contributed by atoms with E-state index in [1.807, 2.05) is 0 Å². The van der Waals surface area contributed by atoms with Crippen LogP contribution in [-0.4, -0.2) is 37.2 Å². The van der Waals surface area contributed by atoms with E-state index in [1.54, 1.807) is 0 Å². The Morgan fingerprint density at radius 2 is 0.571 bits per heavy atom. The first-order chi connectivity index (χ1) is 34.5. The highest BCUT2D eigenvalue weighted by atomic mass is 16.6. The predicted octanol–water partition coefficient (Wildman–Crippen LogP) is 19.0. The van der Waals surface area contributed by atoms with E-state index >= 15 is 0 Å². The molecule has 6 heteroatoms. The Morgan fingerprint density at radius 3 is 0.943 bits per heavy atom. The van der Waals surface area contributed by atoms with Crippen molar-refractivity contribution in [2.75, 3.05) is 13.2 Å². The van der Waals surface area contributed by atoms with Gasteiger partial charge in [0, 0.05) is 19.3 Å². The lowest BCUT2D eigenvalue weighted by molar-refractivity contribution is -0.167. The van der Waals surface area contributed by atoms with Crippen LogP contribution in [0.1, 0.15) is 233 Å². The quantitative estimate of drug-likeness (QED) is 0.0262. The summed E-state index contributed by atoms with van der Waals surface area (Å²) in [5.41, 5.74) is 0. The zero-order valence-electron chi connectivity index (χ0n) is 45.0. The van der Waals surface area contributed by atoms with Crippen LogP contribution in [0.15, 0.2) is 134 Å². The van der Waals surface area contributed by atoms with Crippen molar-refractivity contribution in [1.82, 2.24) is 0 Å². The van der Waals surface area contributed by atoms with E-state index in [0.29, 0.717) is 19.3 Å². The zero-order chi connectivity index (χ0) is 50.7. The molecule has 0 aliphatic carbocycles. The lowest BCUT2D eigenvalue weighted by Crippen LogP contribution is -2.30. The molecule has 6 nitrogen and oxygen atoms in total. The van der Waals surface area contributed by atoms with Crippen molar-refractivity contribution in [3.63, 3.8) is 0 Å². The van der Waals surface area contributed by atoms with Gasteiger partial charge in [0.25, 0.3) is 0 Å². The van der Waals surface area contributed by atoms with Gasteiger partial charge in [-0.1, -0.05) is 219 Å². The Kier molecular flexibility index (Phi) is 53.5. The Bertz CT molecular complexity index is 1530. The molecule has 0 rings (SSSR count). The first-order valence-electron chi connectivity index (χ1n) is 28.2. The van der Waals surface area contributed by atoms with E-state index in [2.05, 4.69) is 154 Å². The lowest BCUT2D eigenvalue weighted by Gasteiger charge is -2.18. The summed E-state index contributed by atoms with van der Waals surface area (Å²) in [7, 11) is 0. The van der Waals surface area contributed by atoms with Gasteiger partial charge < -0.3 is 14.2 Å². The van der Waals surface area contributed by atoms with Crippen LogP contribution in [0.4, 0.5) is 0 Å². The van der Waals surface area contributed by atoms with E-state index in [-0.39, 0.29) is 37.5 Å². The Labute approximate surface area is 430 Å². The van der Waals surface area contributed by atoms with Gasteiger partial charge in [0.2, 0.25) is 0 Å². The van der Waals surface area contributed by atoms with Gasteiger partial charge in [-0.15, -0.1) is 0 Å². The molecular formula is C64H102O6. The first kappa shape index (κ1) is 65.5. The van der Waals surface area contributed by atoms with Crippen LogP contribution in [0.2, 0.25) is 0 Å². The van der Waals surface area contributed by atoms with Gasteiger partial charge in [-0.3, -0.25) is 14.4 Å². The number of ether oxygens (including phenoxy) is 3. The third-order valence-electron chi connectivity index (χ3n) is 11.4. The molecule has 1 atom stereocenters. The highest BCUT2D eigenvalue weighted by molar-refractivity contribution is 5.71. The first-order valence-corrected chi connectivity index (χ1v) is 28.2. The number of carbonyl (C=O) groups excluding carboxylic acids is 3. The van der Waals surface area contributed by atoms with Crippen LogP contribution in [0.5, 0.6) is 0 Å². The number of rotatable bonds is 49. The molecular weight excluding hydrogens is 865 g/mol. The second-order valence-corrected chi connectivity index (χ2v) is 18.1. The molecule has 0 fully saturated rings. The summed E-state index contributed by atoms with van der Waals surface area (Å²) in [6.45, 7) is 6.32. The molecule has 0 aromatic rings. The zero-order valence-corrected chi connectivity index (χ0v) is 45.0. The maximum Gasteiger partial charge on any atom is 0.306 e. The smallest absolute Gasteiger partial charge is 0.306 e. The number of hydrogen-bond acceptors (Lipinski definition) is 6. The minimum Gasteiger partial charge on any atom is -0.462 e. The molecule has 0 saturated carbocycles. The number of carbonyl (C=O) groups is 3. The normalized spacial score (nSPS) is 13.1. The van der Waals surface area contributed by atoms with Crippen molar-refractivity contribution in [2.45, 2.75) is 239 Å². The molecule has 394 valence electrons. The average Bonchev–Trinajstić information content (AvgIpc) is 3.36. The maximum absolute atomic E-state index is 12.8. The van der Waals surface area contributed by atoms with Crippen molar-refractivity contribution < 1.29 is 28.6 Å². The van der Waals surface area contributed by atoms with E-state index in [1.165, 1.54) is 57.8 Å².